The molecule has 1 aliphatic heterocycles. The van der Waals surface area contributed by atoms with E-state index in [4.69, 9.17) is 0 Å². The van der Waals surface area contributed by atoms with Crippen LogP contribution in [0, 0.1) is 6.92 Å². The zero-order chi connectivity index (χ0) is 31.1. The summed E-state index contributed by atoms with van der Waals surface area (Å²) >= 11 is 1.35. The number of benzene rings is 2. The maximum atomic E-state index is 13.2. The third kappa shape index (κ3) is 5.66. The quantitative estimate of drug-likeness (QED) is 0.291. The first-order valence-corrected chi connectivity index (χ1v) is 15.5. The fourth-order valence-corrected chi connectivity index (χ4v) is 7.05. The third-order valence-electron chi connectivity index (χ3n) is 8.55. The normalized spacial score (nSPS) is 18.7. The number of carbonyl (C=O) groups is 2. The van der Waals surface area contributed by atoms with Gasteiger partial charge in [-0.05, 0) is 74.2 Å². The number of carbonyl (C=O) groups excluding carboxylic acids is 2. The second-order valence-corrected chi connectivity index (χ2v) is 12.7. The van der Waals surface area contributed by atoms with E-state index in [-0.39, 0.29) is 29.2 Å². The number of hydrogen-bond donors (Lipinski definition) is 3. The standard InChI is InChI=1S/C33H36N6O4S/c1-19-23(8-6-9-24(19)36-31(41)27-17-21-7-5-10-26(40)29(21)44-27)25-18-39(4)33(43)30(35-25)34-22-13-11-20(12-14-22)28-32(42)38(3)16-15-37(28)2/h6,8-9,11-14,17-18,26,28,40H,5,7,10,15-16H2,1-4H3,(H,34,35)(H,36,41). The Bertz CT molecular complexity index is 1800. The summed E-state index contributed by atoms with van der Waals surface area (Å²) in [6.07, 6.45) is 3.69. The highest BCUT2D eigenvalue weighted by molar-refractivity contribution is 7.14. The van der Waals surface area contributed by atoms with Gasteiger partial charge in [0.05, 0.1) is 16.7 Å². The van der Waals surface area contributed by atoms with Gasteiger partial charge in [0.1, 0.15) is 6.04 Å². The van der Waals surface area contributed by atoms with Gasteiger partial charge in [0.15, 0.2) is 5.82 Å². The molecule has 2 aliphatic rings. The zero-order valence-corrected chi connectivity index (χ0v) is 26.1. The Morgan fingerprint density at radius 2 is 1.84 bits per heavy atom. The maximum Gasteiger partial charge on any atom is 0.293 e. The Morgan fingerprint density at radius 1 is 1.07 bits per heavy atom. The first-order valence-electron chi connectivity index (χ1n) is 14.7. The maximum absolute atomic E-state index is 13.2. The molecule has 228 valence electrons. The van der Waals surface area contributed by atoms with E-state index < -0.39 is 6.10 Å². The van der Waals surface area contributed by atoms with E-state index in [0.29, 0.717) is 28.5 Å². The fourth-order valence-electron chi connectivity index (χ4n) is 5.93. The number of aliphatic hydroxyl groups excluding tert-OH is 1. The summed E-state index contributed by atoms with van der Waals surface area (Å²) in [5.41, 5.74) is 5.15. The van der Waals surface area contributed by atoms with Crippen molar-refractivity contribution in [2.24, 2.45) is 7.05 Å². The van der Waals surface area contributed by atoms with E-state index in [2.05, 4.69) is 15.6 Å². The van der Waals surface area contributed by atoms with Gasteiger partial charge in [0.2, 0.25) is 5.91 Å². The summed E-state index contributed by atoms with van der Waals surface area (Å²) in [5.74, 6) is 0.00791. The van der Waals surface area contributed by atoms with Crippen LogP contribution in [-0.2, 0) is 18.3 Å². The van der Waals surface area contributed by atoms with Gasteiger partial charge in [-0.2, -0.15) is 0 Å². The lowest BCUT2D eigenvalue weighted by Crippen LogP contribution is -2.48. The van der Waals surface area contributed by atoms with E-state index in [1.165, 1.54) is 15.9 Å². The molecule has 6 rings (SSSR count). The van der Waals surface area contributed by atoms with Crippen LogP contribution in [0.5, 0.6) is 0 Å². The van der Waals surface area contributed by atoms with E-state index >= 15 is 0 Å². The number of aryl methyl sites for hydroxylation is 2. The Hall–Kier alpha value is -4.32. The van der Waals surface area contributed by atoms with Crippen LogP contribution >= 0.6 is 11.3 Å². The molecular weight excluding hydrogens is 576 g/mol. The van der Waals surface area contributed by atoms with Gasteiger partial charge in [0.25, 0.3) is 11.5 Å². The van der Waals surface area contributed by atoms with Crippen molar-refractivity contribution in [1.82, 2.24) is 19.4 Å². The number of amides is 2. The lowest BCUT2D eigenvalue weighted by Gasteiger charge is -2.37. The van der Waals surface area contributed by atoms with E-state index in [0.717, 1.165) is 52.9 Å². The molecule has 44 heavy (non-hydrogen) atoms. The molecule has 10 nitrogen and oxygen atoms in total. The Balaban J connectivity index is 1.24. The molecular formula is C33H36N6O4S. The molecule has 0 bridgehead atoms. The molecule has 4 aromatic rings. The van der Waals surface area contributed by atoms with Crippen LogP contribution in [0.1, 0.15) is 56.2 Å². The third-order valence-corrected chi connectivity index (χ3v) is 9.83. The minimum atomic E-state index is -0.503. The van der Waals surface area contributed by atoms with Gasteiger partial charge in [0, 0.05) is 55.2 Å². The van der Waals surface area contributed by atoms with E-state index in [1.54, 1.807) is 18.1 Å². The molecule has 2 unspecified atom stereocenters. The van der Waals surface area contributed by atoms with Crippen molar-refractivity contribution < 1.29 is 14.7 Å². The van der Waals surface area contributed by atoms with Crippen LogP contribution in [0.15, 0.2) is 59.5 Å². The molecule has 2 aromatic heterocycles. The number of aliphatic hydroxyl groups is 1. The van der Waals surface area contributed by atoms with Crippen molar-refractivity contribution >= 4 is 40.3 Å². The number of piperazine rings is 1. The number of nitrogens with one attached hydrogen (secondary N) is 2. The Labute approximate surface area is 260 Å². The summed E-state index contributed by atoms with van der Waals surface area (Å²) in [6, 6.07) is 14.6. The van der Waals surface area contributed by atoms with Crippen molar-refractivity contribution in [2.45, 2.75) is 38.3 Å². The molecule has 3 heterocycles. The molecule has 2 aromatic carbocycles. The van der Waals surface area contributed by atoms with Crippen molar-refractivity contribution in [3.05, 3.63) is 91.5 Å². The molecule has 0 radical (unpaired) electrons. The molecule has 1 saturated heterocycles. The minimum absolute atomic E-state index is 0.0600. The van der Waals surface area contributed by atoms with Gasteiger partial charge >= 0.3 is 0 Å². The second-order valence-electron chi connectivity index (χ2n) is 11.6. The van der Waals surface area contributed by atoms with Gasteiger partial charge in [-0.25, -0.2) is 4.98 Å². The number of thiophene rings is 1. The monoisotopic (exact) mass is 612 g/mol. The SMILES string of the molecule is Cc1c(NC(=O)c2cc3c(s2)C(O)CCC3)cccc1-c1cn(C)c(=O)c(Nc2ccc(C3C(=O)N(C)CCN3C)cc2)n1. The first-order chi connectivity index (χ1) is 21.1. The topological polar surface area (TPSA) is 120 Å². The van der Waals surface area contributed by atoms with Crippen molar-refractivity contribution in [2.75, 3.05) is 37.8 Å². The highest BCUT2D eigenvalue weighted by atomic mass is 32.1. The first kappa shape index (κ1) is 29.7. The van der Waals surface area contributed by atoms with Crippen LogP contribution < -0.4 is 16.2 Å². The number of anilines is 3. The average molecular weight is 613 g/mol. The van der Waals surface area contributed by atoms with Crippen molar-refractivity contribution in [3.8, 4) is 11.3 Å². The number of aromatic nitrogens is 2. The lowest BCUT2D eigenvalue weighted by molar-refractivity contribution is -0.139. The molecule has 0 saturated carbocycles. The van der Waals surface area contributed by atoms with Crippen LogP contribution in [0.2, 0.25) is 0 Å². The summed E-state index contributed by atoms with van der Waals surface area (Å²) in [6.45, 7) is 3.41. The van der Waals surface area contributed by atoms with Crippen LogP contribution in [0.3, 0.4) is 0 Å². The van der Waals surface area contributed by atoms with Gasteiger partial charge in [-0.3, -0.25) is 19.3 Å². The molecule has 1 fully saturated rings. The fraction of sp³-hybridized carbons (Fsp3) is 0.333. The predicted molar refractivity (Wildman–Crippen MR) is 173 cm³/mol. The summed E-state index contributed by atoms with van der Waals surface area (Å²) in [4.78, 5) is 49.0. The van der Waals surface area contributed by atoms with Crippen molar-refractivity contribution in [1.29, 1.82) is 0 Å². The van der Waals surface area contributed by atoms with Crippen LogP contribution in [-0.4, -0.2) is 63.5 Å². The summed E-state index contributed by atoms with van der Waals surface area (Å²) in [5, 5.41) is 16.5. The molecule has 2 amide bonds. The Morgan fingerprint density at radius 3 is 2.59 bits per heavy atom. The highest BCUT2D eigenvalue weighted by Gasteiger charge is 2.32. The highest BCUT2D eigenvalue weighted by Crippen LogP contribution is 2.37. The van der Waals surface area contributed by atoms with Gasteiger partial charge in [-0.1, -0.05) is 24.3 Å². The molecule has 3 N–H and O–H groups in total. The van der Waals surface area contributed by atoms with Crippen molar-refractivity contribution in [3.63, 3.8) is 0 Å². The zero-order valence-electron chi connectivity index (χ0n) is 25.3. The number of hydrogen-bond acceptors (Lipinski definition) is 8. The summed E-state index contributed by atoms with van der Waals surface area (Å²) in [7, 11) is 5.44. The predicted octanol–water partition coefficient (Wildman–Crippen LogP) is 4.63. The van der Waals surface area contributed by atoms with Crippen LogP contribution in [0.4, 0.5) is 17.2 Å². The number of fused-ring (bicyclic) bond motifs is 1. The van der Waals surface area contributed by atoms with E-state index in [1.807, 2.05) is 74.4 Å². The second kappa shape index (κ2) is 12.0. The summed E-state index contributed by atoms with van der Waals surface area (Å²) < 4.78 is 1.48. The molecule has 0 spiro atoms. The Kier molecular flexibility index (Phi) is 8.10. The lowest BCUT2D eigenvalue weighted by atomic mass is 9.97. The molecule has 1 aliphatic carbocycles. The number of rotatable bonds is 6. The largest absolute Gasteiger partial charge is 0.388 e. The number of nitrogens with zero attached hydrogens (tertiary/aromatic N) is 4. The van der Waals surface area contributed by atoms with E-state index in [9.17, 15) is 19.5 Å². The molecule has 11 heteroatoms. The smallest absolute Gasteiger partial charge is 0.293 e. The molecule has 2 atom stereocenters. The van der Waals surface area contributed by atoms with Gasteiger partial charge in [-0.15, -0.1) is 11.3 Å². The minimum Gasteiger partial charge on any atom is -0.388 e. The van der Waals surface area contributed by atoms with Gasteiger partial charge < -0.3 is 25.2 Å². The van der Waals surface area contributed by atoms with Crippen LogP contribution in [0.25, 0.3) is 11.3 Å². The number of likely N-dealkylation sites (N-methyl/N-ethyl adjacent to an activating group) is 2. The average Bonchev–Trinajstić information content (AvgIpc) is 3.46.